The molecule has 0 aliphatic rings. The largest absolute Gasteiger partial charge is 0.384 e. The Balaban J connectivity index is 2.60. The molecule has 0 saturated heterocycles. The van der Waals surface area contributed by atoms with Crippen LogP contribution in [0.15, 0.2) is 24.4 Å². The van der Waals surface area contributed by atoms with Crippen LogP contribution in [0.3, 0.4) is 0 Å². The fourth-order valence-corrected chi connectivity index (χ4v) is 0.920. The summed E-state index contributed by atoms with van der Waals surface area (Å²) in [5, 5.41) is 2.66. The van der Waals surface area contributed by atoms with Gasteiger partial charge in [-0.15, -0.1) is 0 Å². The number of nitrogens with two attached hydrogens (primary N) is 1. The third kappa shape index (κ3) is 3.26. The zero-order valence-electron chi connectivity index (χ0n) is 8.03. The summed E-state index contributed by atoms with van der Waals surface area (Å²) in [6, 6.07) is 3.50. The molecule has 4 nitrogen and oxygen atoms in total. The Morgan fingerprint density at radius 3 is 3.00 bits per heavy atom. The van der Waals surface area contributed by atoms with Crippen LogP contribution in [0, 0.1) is 0 Å². The van der Waals surface area contributed by atoms with E-state index in [0.717, 1.165) is 5.56 Å². The molecule has 1 aromatic heterocycles. The van der Waals surface area contributed by atoms with Crippen molar-refractivity contribution >= 4 is 17.8 Å². The van der Waals surface area contributed by atoms with Crippen LogP contribution in [0.1, 0.15) is 12.5 Å². The van der Waals surface area contributed by atoms with Gasteiger partial charge in [-0.25, -0.2) is 4.98 Å². The zero-order chi connectivity index (χ0) is 10.4. The molecule has 1 heterocycles. The van der Waals surface area contributed by atoms with Crippen molar-refractivity contribution in [3.05, 3.63) is 30.0 Å². The first-order chi connectivity index (χ1) is 6.72. The molecule has 14 heavy (non-hydrogen) atoms. The second-order valence-electron chi connectivity index (χ2n) is 2.74. The van der Waals surface area contributed by atoms with Crippen molar-refractivity contribution < 1.29 is 4.79 Å². The van der Waals surface area contributed by atoms with Gasteiger partial charge in [0.25, 0.3) is 0 Å². The number of pyridine rings is 1. The van der Waals surface area contributed by atoms with E-state index in [1.165, 1.54) is 6.08 Å². The number of amides is 1. The van der Waals surface area contributed by atoms with E-state index in [2.05, 4.69) is 10.3 Å². The molecule has 1 aromatic rings. The summed E-state index contributed by atoms with van der Waals surface area (Å²) in [5.74, 6) is 0.365. The van der Waals surface area contributed by atoms with Gasteiger partial charge in [-0.2, -0.15) is 0 Å². The van der Waals surface area contributed by atoms with Crippen molar-refractivity contribution in [2.45, 2.75) is 6.92 Å². The lowest BCUT2D eigenvalue weighted by atomic mass is 10.2. The lowest BCUT2D eigenvalue weighted by molar-refractivity contribution is -0.116. The maximum atomic E-state index is 11.0. The molecule has 0 fully saturated rings. The van der Waals surface area contributed by atoms with E-state index in [0.29, 0.717) is 12.4 Å². The fourth-order valence-electron chi connectivity index (χ4n) is 0.920. The van der Waals surface area contributed by atoms with Crippen LogP contribution in [-0.2, 0) is 4.79 Å². The Morgan fingerprint density at radius 2 is 2.43 bits per heavy atom. The summed E-state index contributed by atoms with van der Waals surface area (Å²) in [5.41, 5.74) is 6.27. The number of carbonyl (C=O) groups is 1. The van der Waals surface area contributed by atoms with Crippen molar-refractivity contribution in [2.24, 2.45) is 0 Å². The highest BCUT2D eigenvalue weighted by atomic mass is 16.1. The summed E-state index contributed by atoms with van der Waals surface area (Å²) in [6.45, 7) is 2.50. The number of hydrogen-bond donors (Lipinski definition) is 2. The molecule has 0 atom stereocenters. The van der Waals surface area contributed by atoms with Gasteiger partial charge in [-0.3, -0.25) is 4.79 Å². The SMILES string of the molecule is CCNC(=O)/C=C/c1ccc(N)nc1. The summed E-state index contributed by atoms with van der Waals surface area (Å²) in [7, 11) is 0. The lowest BCUT2D eigenvalue weighted by Gasteiger charge is -1.95. The van der Waals surface area contributed by atoms with Crippen molar-refractivity contribution in [3.8, 4) is 0 Å². The van der Waals surface area contributed by atoms with Crippen molar-refractivity contribution in [2.75, 3.05) is 12.3 Å². The smallest absolute Gasteiger partial charge is 0.243 e. The summed E-state index contributed by atoms with van der Waals surface area (Å²) in [6.07, 6.45) is 4.78. The van der Waals surface area contributed by atoms with Gasteiger partial charge in [0, 0.05) is 18.8 Å². The number of nitrogens with zero attached hydrogens (tertiary/aromatic N) is 1. The van der Waals surface area contributed by atoms with Gasteiger partial charge in [0.15, 0.2) is 0 Å². The van der Waals surface area contributed by atoms with Gasteiger partial charge in [0.1, 0.15) is 5.82 Å². The topological polar surface area (TPSA) is 68.0 Å². The van der Waals surface area contributed by atoms with Crippen molar-refractivity contribution in [1.29, 1.82) is 0 Å². The molecule has 0 aromatic carbocycles. The maximum Gasteiger partial charge on any atom is 0.243 e. The molecule has 1 amide bonds. The minimum Gasteiger partial charge on any atom is -0.384 e. The van der Waals surface area contributed by atoms with Crippen molar-refractivity contribution in [3.63, 3.8) is 0 Å². The summed E-state index contributed by atoms with van der Waals surface area (Å²) in [4.78, 5) is 14.9. The van der Waals surface area contributed by atoms with Gasteiger partial charge in [-0.05, 0) is 30.7 Å². The molecule has 74 valence electrons. The molecule has 1 rings (SSSR count). The average molecular weight is 191 g/mol. The molecule has 0 aliphatic carbocycles. The molecule has 0 unspecified atom stereocenters. The molecular weight excluding hydrogens is 178 g/mol. The van der Waals surface area contributed by atoms with E-state index in [1.54, 1.807) is 24.4 Å². The first-order valence-electron chi connectivity index (χ1n) is 4.40. The van der Waals surface area contributed by atoms with E-state index in [4.69, 9.17) is 5.73 Å². The first kappa shape index (κ1) is 10.2. The maximum absolute atomic E-state index is 11.0. The van der Waals surface area contributed by atoms with Crippen LogP contribution in [0.25, 0.3) is 6.08 Å². The third-order valence-electron chi connectivity index (χ3n) is 1.59. The van der Waals surface area contributed by atoms with Gasteiger partial charge in [0.05, 0.1) is 0 Å². The quantitative estimate of drug-likeness (QED) is 0.695. The number of aromatic nitrogens is 1. The van der Waals surface area contributed by atoms with Crippen molar-refractivity contribution in [1.82, 2.24) is 10.3 Å². The van der Waals surface area contributed by atoms with Gasteiger partial charge >= 0.3 is 0 Å². The number of rotatable bonds is 3. The Hall–Kier alpha value is -1.84. The van der Waals surface area contributed by atoms with Crippen LogP contribution in [-0.4, -0.2) is 17.4 Å². The number of nitrogen functional groups attached to an aromatic ring is 1. The van der Waals surface area contributed by atoms with Gasteiger partial charge in [-0.1, -0.05) is 0 Å². The second kappa shape index (κ2) is 5.01. The Bertz CT molecular complexity index is 330. The van der Waals surface area contributed by atoms with E-state index in [1.807, 2.05) is 6.92 Å². The summed E-state index contributed by atoms with van der Waals surface area (Å²) >= 11 is 0. The highest BCUT2D eigenvalue weighted by Gasteiger charge is 1.92. The number of nitrogens with one attached hydrogen (secondary N) is 1. The highest BCUT2D eigenvalue weighted by molar-refractivity contribution is 5.91. The predicted octanol–water partition coefficient (Wildman–Crippen LogP) is 0.813. The van der Waals surface area contributed by atoms with Crippen LogP contribution < -0.4 is 11.1 Å². The lowest BCUT2D eigenvalue weighted by Crippen LogP contribution is -2.19. The monoisotopic (exact) mass is 191 g/mol. The minimum absolute atomic E-state index is 0.107. The molecule has 0 aliphatic heterocycles. The molecular formula is C10H13N3O. The van der Waals surface area contributed by atoms with Crippen LogP contribution in [0.2, 0.25) is 0 Å². The Kier molecular flexibility index (Phi) is 3.67. The molecule has 3 N–H and O–H groups in total. The number of anilines is 1. The van der Waals surface area contributed by atoms with Crippen LogP contribution in [0.4, 0.5) is 5.82 Å². The van der Waals surface area contributed by atoms with Crippen LogP contribution >= 0.6 is 0 Å². The number of likely N-dealkylation sites (N-methyl/N-ethyl adjacent to an activating group) is 1. The van der Waals surface area contributed by atoms with Gasteiger partial charge < -0.3 is 11.1 Å². The van der Waals surface area contributed by atoms with E-state index in [9.17, 15) is 4.79 Å². The Labute approximate surface area is 82.8 Å². The molecule has 0 saturated carbocycles. The minimum atomic E-state index is -0.107. The third-order valence-corrected chi connectivity index (χ3v) is 1.59. The fraction of sp³-hybridized carbons (Fsp3) is 0.200. The van der Waals surface area contributed by atoms with E-state index < -0.39 is 0 Å². The summed E-state index contributed by atoms with van der Waals surface area (Å²) < 4.78 is 0. The van der Waals surface area contributed by atoms with E-state index in [-0.39, 0.29) is 5.91 Å². The molecule has 0 radical (unpaired) electrons. The Morgan fingerprint density at radius 1 is 1.64 bits per heavy atom. The zero-order valence-corrected chi connectivity index (χ0v) is 8.03. The molecule has 0 bridgehead atoms. The average Bonchev–Trinajstić information content (AvgIpc) is 2.17. The second-order valence-corrected chi connectivity index (χ2v) is 2.74. The number of carbonyl (C=O) groups excluding carboxylic acids is 1. The van der Waals surface area contributed by atoms with Crippen LogP contribution in [0.5, 0.6) is 0 Å². The molecule has 4 heteroatoms. The predicted molar refractivity (Wildman–Crippen MR) is 56.4 cm³/mol. The first-order valence-corrected chi connectivity index (χ1v) is 4.40. The van der Waals surface area contributed by atoms with E-state index >= 15 is 0 Å². The van der Waals surface area contributed by atoms with Gasteiger partial charge in [0.2, 0.25) is 5.91 Å². The molecule has 0 spiro atoms. The normalized spacial score (nSPS) is 10.4. The highest BCUT2D eigenvalue weighted by Crippen LogP contribution is 2.02. The standard InChI is InChI=1S/C10H13N3O/c1-2-12-10(14)6-4-8-3-5-9(11)13-7-8/h3-7H,2H2,1H3,(H2,11,13)(H,12,14)/b6-4+. The number of hydrogen-bond acceptors (Lipinski definition) is 3.